The number of amides is 1. The Hall–Kier alpha value is -1.48. The van der Waals surface area contributed by atoms with Gasteiger partial charge in [0.2, 0.25) is 15.9 Å². The summed E-state index contributed by atoms with van der Waals surface area (Å²) in [6.45, 7) is 3.40. The van der Waals surface area contributed by atoms with Gasteiger partial charge in [0.15, 0.2) is 0 Å². The number of ether oxygens (including phenoxy) is 1. The van der Waals surface area contributed by atoms with Crippen molar-refractivity contribution in [2.45, 2.75) is 30.5 Å². The van der Waals surface area contributed by atoms with Gasteiger partial charge >= 0.3 is 0 Å². The molecule has 0 saturated carbocycles. The summed E-state index contributed by atoms with van der Waals surface area (Å²) < 4.78 is 27.7. The Balaban J connectivity index is 1.92. The zero-order chi connectivity index (χ0) is 15.5. The largest absolute Gasteiger partial charge is 0.375 e. The molecular weight excluding hydrogens is 294 g/mol. The number of hydrogen-bond acceptors (Lipinski definition) is 5. The van der Waals surface area contributed by atoms with Crippen LogP contribution in [-0.4, -0.2) is 39.6 Å². The number of primary sulfonamides is 1. The summed E-state index contributed by atoms with van der Waals surface area (Å²) in [5, 5.41) is 10.9. The molecule has 0 spiro atoms. The molecule has 8 heteroatoms. The first kappa shape index (κ1) is 15.9. The van der Waals surface area contributed by atoms with E-state index < -0.39 is 10.0 Å². The molecule has 0 bridgehead atoms. The Morgan fingerprint density at radius 2 is 2.10 bits per heavy atom. The number of hydrogen-bond donors (Lipinski definition) is 3. The summed E-state index contributed by atoms with van der Waals surface area (Å²) in [6.07, 6.45) is -0.177. The average molecular weight is 313 g/mol. The fourth-order valence-electron chi connectivity index (χ4n) is 2.12. The number of sulfonamides is 1. The van der Waals surface area contributed by atoms with Crippen molar-refractivity contribution >= 4 is 15.9 Å². The third-order valence-electron chi connectivity index (χ3n) is 3.32. The molecule has 1 aromatic carbocycles. The molecule has 0 unspecified atom stereocenters. The topological polar surface area (TPSA) is 111 Å². The molecule has 2 rings (SSSR count). The summed E-state index contributed by atoms with van der Waals surface area (Å²) in [6, 6.07) is 5.70. The van der Waals surface area contributed by atoms with Crippen LogP contribution in [0.5, 0.6) is 0 Å². The lowest BCUT2D eigenvalue weighted by molar-refractivity contribution is -0.129. The van der Waals surface area contributed by atoms with Crippen molar-refractivity contribution in [2.24, 2.45) is 5.14 Å². The predicted octanol–water partition coefficient (Wildman–Crippen LogP) is -0.673. The molecule has 1 fully saturated rings. The highest BCUT2D eigenvalue weighted by Gasteiger charge is 2.27. The Labute approximate surface area is 123 Å². The van der Waals surface area contributed by atoms with Crippen molar-refractivity contribution in [2.75, 3.05) is 13.2 Å². The molecule has 1 aliphatic rings. The van der Waals surface area contributed by atoms with Crippen molar-refractivity contribution in [3.8, 4) is 0 Å². The van der Waals surface area contributed by atoms with Gasteiger partial charge in [-0.1, -0.05) is 12.1 Å². The number of morpholine rings is 1. The maximum absolute atomic E-state index is 12.0. The van der Waals surface area contributed by atoms with E-state index in [0.717, 1.165) is 5.56 Å². The molecule has 1 heterocycles. The van der Waals surface area contributed by atoms with E-state index in [2.05, 4.69) is 10.6 Å². The van der Waals surface area contributed by atoms with Gasteiger partial charge in [-0.3, -0.25) is 4.79 Å². The molecule has 116 valence electrons. The van der Waals surface area contributed by atoms with Crippen LogP contribution in [0, 0.1) is 0 Å². The minimum atomic E-state index is -3.69. The number of nitrogens with two attached hydrogens (primary N) is 1. The zero-order valence-electron chi connectivity index (χ0n) is 11.7. The van der Waals surface area contributed by atoms with Gasteiger partial charge in [0.1, 0.15) is 6.04 Å². The van der Waals surface area contributed by atoms with E-state index in [1.807, 2.05) is 6.92 Å². The van der Waals surface area contributed by atoms with Crippen LogP contribution in [0.15, 0.2) is 29.2 Å². The Morgan fingerprint density at radius 1 is 1.43 bits per heavy atom. The normalized spacial score (nSPS) is 22.8. The minimum Gasteiger partial charge on any atom is -0.375 e. The molecule has 1 aliphatic heterocycles. The van der Waals surface area contributed by atoms with Crippen molar-refractivity contribution in [1.82, 2.24) is 10.6 Å². The molecule has 0 radical (unpaired) electrons. The van der Waals surface area contributed by atoms with E-state index in [1.165, 1.54) is 12.1 Å². The van der Waals surface area contributed by atoms with Crippen molar-refractivity contribution in [3.63, 3.8) is 0 Å². The minimum absolute atomic E-state index is 0.0496. The molecule has 21 heavy (non-hydrogen) atoms. The molecule has 1 aromatic rings. The maximum Gasteiger partial charge on any atom is 0.240 e. The smallest absolute Gasteiger partial charge is 0.240 e. The van der Waals surface area contributed by atoms with Gasteiger partial charge in [0.25, 0.3) is 0 Å². The van der Waals surface area contributed by atoms with Gasteiger partial charge < -0.3 is 15.4 Å². The maximum atomic E-state index is 12.0. The number of rotatable bonds is 4. The number of nitrogens with one attached hydrogen (secondary N) is 2. The lowest BCUT2D eigenvalue weighted by atomic mass is 10.1. The SMILES string of the molecule is C[C@H]1OCCN[C@@H]1C(=O)NCc1ccc(S(N)(=O)=O)cc1. The van der Waals surface area contributed by atoms with Gasteiger partial charge in [-0.15, -0.1) is 0 Å². The monoisotopic (exact) mass is 313 g/mol. The number of carbonyl (C=O) groups excluding carboxylic acids is 1. The molecule has 0 aromatic heterocycles. The zero-order valence-corrected chi connectivity index (χ0v) is 12.5. The number of carbonyl (C=O) groups is 1. The fourth-order valence-corrected chi connectivity index (χ4v) is 2.64. The van der Waals surface area contributed by atoms with Gasteiger partial charge in [-0.25, -0.2) is 13.6 Å². The van der Waals surface area contributed by atoms with Crippen molar-refractivity contribution < 1.29 is 17.9 Å². The molecular formula is C13H19N3O4S. The second kappa shape index (κ2) is 6.52. The summed E-state index contributed by atoms with van der Waals surface area (Å²) in [5.74, 6) is -0.141. The van der Waals surface area contributed by atoms with Gasteiger partial charge in [-0.2, -0.15) is 0 Å². The van der Waals surface area contributed by atoms with Gasteiger partial charge in [-0.05, 0) is 24.6 Å². The molecule has 4 N–H and O–H groups in total. The first-order valence-electron chi connectivity index (χ1n) is 6.62. The predicted molar refractivity (Wildman–Crippen MR) is 76.9 cm³/mol. The van der Waals surface area contributed by atoms with E-state index in [4.69, 9.17) is 9.88 Å². The van der Waals surface area contributed by atoms with Crippen LogP contribution in [-0.2, 0) is 26.1 Å². The van der Waals surface area contributed by atoms with Gasteiger partial charge in [0, 0.05) is 13.1 Å². The number of benzene rings is 1. The van der Waals surface area contributed by atoms with E-state index in [0.29, 0.717) is 19.7 Å². The lowest BCUT2D eigenvalue weighted by Crippen LogP contribution is -2.55. The van der Waals surface area contributed by atoms with Crippen molar-refractivity contribution in [3.05, 3.63) is 29.8 Å². The van der Waals surface area contributed by atoms with Gasteiger partial charge in [0.05, 0.1) is 17.6 Å². The lowest BCUT2D eigenvalue weighted by Gasteiger charge is -2.29. The van der Waals surface area contributed by atoms with E-state index in [1.54, 1.807) is 12.1 Å². The third kappa shape index (κ3) is 4.24. The van der Waals surface area contributed by atoms with Crippen LogP contribution in [0.25, 0.3) is 0 Å². The Kier molecular flexibility index (Phi) is 4.94. The van der Waals surface area contributed by atoms with E-state index >= 15 is 0 Å². The van der Waals surface area contributed by atoms with Crippen LogP contribution in [0.3, 0.4) is 0 Å². The van der Waals surface area contributed by atoms with Crippen LogP contribution in [0.4, 0.5) is 0 Å². The molecule has 2 atom stereocenters. The fraction of sp³-hybridized carbons (Fsp3) is 0.462. The average Bonchev–Trinajstić information content (AvgIpc) is 2.45. The Morgan fingerprint density at radius 3 is 2.67 bits per heavy atom. The van der Waals surface area contributed by atoms with Crippen LogP contribution < -0.4 is 15.8 Å². The highest BCUT2D eigenvalue weighted by Crippen LogP contribution is 2.09. The Bertz CT molecular complexity index is 600. The van der Waals surface area contributed by atoms with E-state index in [-0.39, 0.29) is 22.9 Å². The van der Waals surface area contributed by atoms with E-state index in [9.17, 15) is 13.2 Å². The quantitative estimate of drug-likeness (QED) is 0.682. The first-order valence-corrected chi connectivity index (χ1v) is 8.17. The summed E-state index contributed by atoms with van der Waals surface area (Å²) in [5.41, 5.74) is 0.792. The van der Waals surface area contributed by atoms with Crippen LogP contribution in [0.1, 0.15) is 12.5 Å². The molecule has 0 aliphatic carbocycles. The first-order chi connectivity index (χ1) is 9.88. The third-order valence-corrected chi connectivity index (χ3v) is 4.25. The highest BCUT2D eigenvalue weighted by atomic mass is 32.2. The second-order valence-corrected chi connectivity index (χ2v) is 6.48. The standard InChI is InChI=1S/C13H19N3O4S/c1-9-12(15-6-7-20-9)13(17)16-8-10-2-4-11(5-3-10)21(14,18)19/h2-5,9,12,15H,6-8H2,1H3,(H,16,17)(H2,14,18,19)/t9-,12+/m1/s1. The van der Waals surface area contributed by atoms with Crippen molar-refractivity contribution in [1.29, 1.82) is 0 Å². The highest BCUT2D eigenvalue weighted by molar-refractivity contribution is 7.89. The molecule has 7 nitrogen and oxygen atoms in total. The molecule has 1 saturated heterocycles. The van der Waals surface area contributed by atoms with Crippen LogP contribution in [0.2, 0.25) is 0 Å². The summed E-state index contributed by atoms with van der Waals surface area (Å²) >= 11 is 0. The summed E-state index contributed by atoms with van der Waals surface area (Å²) in [4.78, 5) is 12.1. The van der Waals surface area contributed by atoms with Crippen LogP contribution >= 0.6 is 0 Å². The summed E-state index contributed by atoms with van der Waals surface area (Å²) in [7, 11) is -3.69. The molecule has 1 amide bonds. The second-order valence-electron chi connectivity index (χ2n) is 4.91.